The third-order valence-electron chi connectivity index (χ3n) is 11.1. The molecule has 0 spiro atoms. The molecule has 2 atom stereocenters. The second-order valence-corrected chi connectivity index (χ2v) is 15.0. The predicted octanol–water partition coefficient (Wildman–Crippen LogP) is 4.76. The third-order valence-corrected chi connectivity index (χ3v) is 11.1. The van der Waals surface area contributed by atoms with Crippen LogP contribution < -0.4 is 31.0 Å². The number of aryl methyl sites for hydroxylation is 1. The molecule has 2 aliphatic rings. The van der Waals surface area contributed by atoms with Gasteiger partial charge in [-0.2, -0.15) is 0 Å². The topological polar surface area (TPSA) is 197 Å². The minimum atomic E-state index is -0.221. The largest absolute Gasteiger partial charge is 0.486 e. The molecule has 7 rings (SSSR count). The summed E-state index contributed by atoms with van der Waals surface area (Å²) in [6.07, 6.45) is 11.1. The molecule has 320 valence electrons. The van der Waals surface area contributed by atoms with Crippen molar-refractivity contribution >= 4 is 40.9 Å². The first-order valence-corrected chi connectivity index (χ1v) is 20.5. The number of nitrogens with zero attached hydrogens (tertiary/aromatic N) is 6. The van der Waals surface area contributed by atoms with Gasteiger partial charge in [0, 0.05) is 77.4 Å². The average molecular weight is 831 g/mol. The Labute approximate surface area is 355 Å². The van der Waals surface area contributed by atoms with Gasteiger partial charge in [-0.3, -0.25) is 38.9 Å². The van der Waals surface area contributed by atoms with E-state index in [1.165, 1.54) is 0 Å². The summed E-state index contributed by atoms with van der Waals surface area (Å²) in [4.78, 5) is 71.2. The molecular formula is C45H54N10O6. The van der Waals surface area contributed by atoms with E-state index in [0.717, 1.165) is 71.6 Å². The van der Waals surface area contributed by atoms with Gasteiger partial charge >= 0.3 is 0 Å². The third kappa shape index (κ3) is 10.6. The number of rotatable bonds is 15. The number of amides is 2. The highest BCUT2D eigenvalue weighted by Crippen LogP contribution is 2.31. The quantitative estimate of drug-likeness (QED) is 0.0834. The molecule has 0 bridgehead atoms. The Bertz CT molecular complexity index is 2410. The van der Waals surface area contributed by atoms with Crippen molar-refractivity contribution in [2.75, 3.05) is 52.6 Å². The fourth-order valence-electron chi connectivity index (χ4n) is 7.01. The Morgan fingerprint density at radius 2 is 1.33 bits per heavy atom. The molecule has 5 aromatic rings. The molecular weight excluding hydrogens is 777 g/mol. The molecule has 61 heavy (non-hydrogen) atoms. The molecule has 0 aromatic carbocycles. The van der Waals surface area contributed by atoms with E-state index in [1.54, 1.807) is 50.8 Å². The predicted molar refractivity (Wildman–Crippen MR) is 234 cm³/mol. The maximum Gasteiger partial charge on any atom is 0.269 e. The van der Waals surface area contributed by atoms with Gasteiger partial charge in [0.2, 0.25) is 0 Å². The first-order chi connectivity index (χ1) is 29.5. The zero-order valence-corrected chi connectivity index (χ0v) is 35.7. The van der Waals surface area contributed by atoms with Crippen LogP contribution in [0.15, 0.2) is 77.6 Å². The van der Waals surface area contributed by atoms with Crippen LogP contribution in [0.1, 0.15) is 89.6 Å². The molecule has 16 heteroatoms. The van der Waals surface area contributed by atoms with Crippen LogP contribution in [0.2, 0.25) is 0 Å². The number of aldehydes is 1. The number of H-pyrrole nitrogens is 1. The van der Waals surface area contributed by atoms with Crippen molar-refractivity contribution in [3.8, 4) is 11.5 Å². The van der Waals surface area contributed by atoms with E-state index in [4.69, 9.17) is 9.47 Å². The number of carbonyl (C=O) groups excluding carboxylic acids is 3. The number of aromatic nitrogens is 5. The van der Waals surface area contributed by atoms with Crippen LogP contribution in [-0.4, -0.2) is 112 Å². The van der Waals surface area contributed by atoms with E-state index in [-0.39, 0.29) is 41.7 Å². The van der Waals surface area contributed by atoms with E-state index in [1.807, 2.05) is 51.5 Å². The zero-order valence-electron chi connectivity index (χ0n) is 35.7. The number of carbonyl (C=O) groups is 3. The lowest BCUT2D eigenvalue weighted by atomic mass is 10.0. The van der Waals surface area contributed by atoms with E-state index in [0.29, 0.717) is 41.3 Å². The Morgan fingerprint density at radius 3 is 1.79 bits per heavy atom. The highest BCUT2D eigenvalue weighted by molar-refractivity contribution is 5.92. The van der Waals surface area contributed by atoms with Crippen LogP contribution in [0.3, 0.4) is 0 Å². The summed E-state index contributed by atoms with van der Waals surface area (Å²) in [7, 11) is 5.00. The smallest absolute Gasteiger partial charge is 0.269 e. The summed E-state index contributed by atoms with van der Waals surface area (Å²) in [5.74, 6) is 0.864. The van der Waals surface area contributed by atoms with Crippen molar-refractivity contribution in [2.45, 2.75) is 64.8 Å². The number of nitrogens with one attached hydrogen (secondary N) is 4. The van der Waals surface area contributed by atoms with Crippen LogP contribution in [0.5, 0.6) is 11.5 Å². The first-order valence-electron chi connectivity index (χ1n) is 20.5. The lowest BCUT2D eigenvalue weighted by molar-refractivity contribution is -0.104. The summed E-state index contributed by atoms with van der Waals surface area (Å²) in [6.45, 7) is 11.3. The Kier molecular flexibility index (Phi) is 14.6. The molecule has 2 fully saturated rings. The Morgan fingerprint density at radius 1 is 0.787 bits per heavy atom. The summed E-state index contributed by atoms with van der Waals surface area (Å²) in [6, 6.07) is 13.1. The zero-order chi connectivity index (χ0) is 43.6. The molecule has 2 amide bonds. The van der Waals surface area contributed by atoms with Crippen molar-refractivity contribution in [3.63, 3.8) is 0 Å². The first kappa shape index (κ1) is 44.0. The molecule has 4 N–H and O–H groups in total. The number of likely N-dealkylation sites (tertiary alicyclic amines) is 2. The second-order valence-electron chi connectivity index (χ2n) is 15.0. The summed E-state index contributed by atoms with van der Waals surface area (Å²) in [5.41, 5.74) is 7.51. The molecule has 0 saturated carbocycles. The van der Waals surface area contributed by atoms with E-state index in [9.17, 15) is 19.2 Å². The fourth-order valence-corrected chi connectivity index (χ4v) is 7.01. The van der Waals surface area contributed by atoms with Crippen molar-refractivity contribution in [1.29, 1.82) is 0 Å². The summed E-state index contributed by atoms with van der Waals surface area (Å²) in [5, 5.41) is 8.27. The van der Waals surface area contributed by atoms with Crippen LogP contribution >= 0.6 is 0 Å². The maximum atomic E-state index is 12.1. The van der Waals surface area contributed by atoms with Gasteiger partial charge < -0.3 is 30.4 Å². The molecule has 7 heterocycles. The number of hydrogen-bond donors (Lipinski definition) is 4. The molecule has 2 saturated heterocycles. The lowest BCUT2D eigenvalue weighted by Gasteiger charge is -2.42. The number of anilines is 1. The van der Waals surface area contributed by atoms with Crippen LogP contribution in [0.4, 0.5) is 5.69 Å². The number of ether oxygens (including phenoxy) is 2. The van der Waals surface area contributed by atoms with Gasteiger partial charge in [-0.05, 0) is 91.9 Å². The highest BCUT2D eigenvalue weighted by Gasteiger charge is 2.34. The maximum absolute atomic E-state index is 12.1. The van der Waals surface area contributed by atoms with Crippen molar-refractivity contribution in [1.82, 2.24) is 45.4 Å². The Balaban J connectivity index is 0.000000204. The lowest BCUT2D eigenvalue weighted by Crippen LogP contribution is -2.54. The fraction of sp³-hybridized carbons (Fsp3) is 0.378. The van der Waals surface area contributed by atoms with Gasteiger partial charge in [0.1, 0.15) is 41.4 Å². The average Bonchev–Trinajstić information content (AvgIpc) is 3.26. The number of allylic oxidation sites excluding steroid dienone is 1. The van der Waals surface area contributed by atoms with Gasteiger partial charge in [0.25, 0.3) is 17.4 Å². The summed E-state index contributed by atoms with van der Waals surface area (Å²) >= 11 is 0. The van der Waals surface area contributed by atoms with Crippen LogP contribution in [0.25, 0.3) is 17.1 Å². The normalized spacial score (nSPS) is 15.6. The SMILES string of the molecule is CC/C(C=O)=C/c1ncc(C(C)N2CC(Oc3ccc(C(=O)NC)nc3)C2)cc1NC.CCc1cc2ncc([C@@H](C)N3CC(Oc4ccc(C(=O)NC)nc4)C3)cc2[nH]c1=O. The summed E-state index contributed by atoms with van der Waals surface area (Å²) < 4.78 is 11.9. The molecule has 0 radical (unpaired) electrons. The number of pyridine rings is 5. The van der Waals surface area contributed by atoms with Gasteiger partial charge in [-0.15, -0.1) is 0 Å². The number of fused-ring (bicyclic) bond motifs is 1. The highest BCUT2D eigenvalue weighted by atomic mass is 16.5. The van der Waals surface area contributed by atoms with Crippen LogP contribution in [-0.2, 0) is 11.2 Å². The standard InChI is InChI=1S/C23H29N5O3.C22H25N5O3/c1-5-16(14-29)8-22-21(24-3)9-17(10-26-22)15(2)28-12-19(13-28)31-18-6-7-20(27-11-18)23(30)25-4;1-4-14-7-19-20(26-21(14)28)8-15(9-24-19)13(2)27-11-17(12-27)30-16-5-6-18(25-10-16)22(29)23-3/h6-11,14-15,19,24H,5,12-13H2,1-4H3,(H,25,30);5-10,13,17H,4,11-12H2,1-3H3,(H,23,29)(H,26,28)/b16-8-;/t;13-/m.1/s1. The number of aromatic amines is 1. The van der Waals surface area contributed by atoms with E-state index < -0.39 is 0 Å². The van der Waals surface area contributed by atoms with E-state index >= 15 is 0 Å². The van der Waals surface area contributed by atoms with Crippen molar-refractivity contribution in [3.05, 3.63) is 117 Å². The van der Waals surface area contributed by atoms with Gasteiger partial charge in [-0.25, -0.2) is 9.97 Å². The molecule has 5 aromatic heterocycles. The molecule has 16 nitrogen and oxygen atoms in total. The van der Waals surface area contributed by atoms with Gasteiger partial charge in [0.05, 0.1) is 34.8 Å². The van der Waals surface area contributed by atoms with Gasteiger partial charge in [-0.1, -0.05) is 13.8 Å². The molecule has 1 unspecified atom stereocenters. The second kappa shape index (κ2) is 20.2. The molecule has 0 aliphatic carbocycles. The van der Waals surface area contributed by atoms with Crippen molar-refractivity contribution in [2.24, 2.45) is 0 Å². The van der Waals surface area contributed by atoms with E-state index in [2.05, 4.69) is 70.6 Å². The minimum Gasteiger partial charge on any atom is -0.486 e. The van der Waals surface area contributed by atoms with Crippen molar-refractivity contribution < 1.29 is 23.9 Å². The number of hydrogen-bond acceptors (Lipinski definition) is 13. The van der Waals surface area contributed by atoms with Crippen LogP contribution in [0, 0.1) is 0 Å². The van der Waals surface area contributed by atoms with Gasteiger partial charge in [0.15, 0.2) is 0 Å². The molecule has 2 aliphatic heterocycles. The minimum absolute atomic E-state index is 0.0509. The monoisotopic (exact) mass is 830 g/mol. The Hall–Kier alpha value is -6.52.